The van der Waals surface area contributed by atoms with Gasteiger partial charge in [0.05, 0.1) is 23.0 Å². The molecule has 5 aromatic rings. The molecule has 308 valence electrons. The topological polar surface area (TPSA) is 138 Å². The normalized spacial score (nSPS) is 17.4. The molecule has 1 saturated carbocycles. The fraction of sp³-hybridized carbons (Fsp3) is 0.356. The Labute approximate surface area is 352 Å². The summed E-state index contributed by atoms with van der Waals surface area (Å²) in [7, 11) is 1.84. The highest BCUT2D eigenvalue weighted by Crippen LogP contribution is 2.46. The molecule has 1 aromatic heterocycles. The van der Waals surface area contributed by atoms with Gasteiger partial charge in [0.2, 0.25) is 0 Å². The molecule has 1 amide bonds. The zero-order valence-corrected chi connectivity index (χ0v) is 34.4. The minimum absolute atomic E-state index is 0.00400. The van der Waals surface area contributed by atoms with E-state index in [-0.39, 0.29) is 59.6 Å². The predicted molar refractivity (Wildman–Crippen MR) is 224 cm³/mol. The molecular formula is C45H46Cl2FN5O6. The van der Waals surface area contributed by atoms with Gasteiger partial charge in [0.1, 0.15) is 34.8 Å². The van der Waals surface area contributed by atoms with E-state index >= 15 is 4.39 Å². The molecule has 1 aliphatic heterocycles. The zero-order valence-electron chi connectivity index (χ0n) is 32.9. The summed E-state index contributed by atoms with van der Waals surface area (Å²) in [5.41, 5.74) is 5.69. The summed E-state index contributed by atoms with van der Waals surface area (Å²) in [5.74, 6) is -1.47. The molecule has 11 nitrogen and oxygen atoms in total. The summed E-state index contributed by atoms with van der Waals surface area (Å²) >= 11 is 13.8. The number of carboxylic acid groups (broad SMARTS) is 1. The molecule has 3 aliphatic rings. The van der Waals surface area contributed by atoms with Crippen LogP contribution in [0.25, 0.3) is 11.1 Å². The van der Waals surface area contributed by atoms with E-state index in [1.54, 1.807) is 12.1 Å². The summed E-state index contributed by atoms with van der Waals surface area (Å²) in [6.45, 7) is 3.41. The SMILES string of the molecule is CC(CO)N1CCc2c(nc(C(=O)Nc3cccc(-c4cccc5c4CCC5Oc4cc(OCc5ccccc5)c(CNC5(C(=O)O)CCC5)c(F)c4Cl)c3Cl)n2C)C1. The van der Waals surface area contributed by atoms with E-state index in [4.69, 9.17) is 37.7 Å². The number of aromatic nitrogens is 2. The monoisotopic (exact) mass is 841 g/mol. The number of aliphatic hydroxyl groups is 1. The summed E-state index contributed by atoms with van der Waals surface area (Å²) in [5, 5.41) is 25.7. The standard InChI is InChI=1S/C45H46Cl2FN5O6/c1-26(24-54)53-20-17-35-34(23-53)50-42(52(35)2)43(55)51-33-14-7-13-31(39(33)46)28-11-6-12-30-29(28)15-16-36(30)59-38-21-37(58-25-27-9-4-3-5-10-27)32(41(48)40(38)47)22-49-45(44(56)57)18-8-19-45/h3-7,9-14,21,26,36,49,54H,8,15-20,22-25H2,1-2H3,(H,51,55)(H,56,57). The maximum Gasteiger partial charge on any atom is 0.323 e. The van der Waals surface area contributed by atoms with Crippen molar-refractivity contribution in [2.24, 2.45) is 7.05 Å². The van der Waals surface area contributed by atoms with E-state index in [9.17, 15) is 19.8 Å². The number of halogens is 3. The highest BCUT2D eigenvalue weighted by atomic mass is 35.5. The lowest BCUT2D eigenvalue weighted by Gasteiger charge is -2.38. The summed E-state index contributed by atoms with van der Waals surface area (Å²) < 4.78 is 30.8. The second-order valence-corrected chi connectivity index (χ2v) is 16.4. The van der Waals surface area contributed by atoms with Crippen molar-refractivity contribution < 1.29 is 33.7 Å². The maximum atomic E-state index is 16.3. The maximum absolute atomic E-state index is 16.3. The Morgan fingerprint density at radius 1 is 1.02 bits per heavy atom. The molecule has 0 spiro atoms. The Bertz CT molecular complexity index is 2400. The number of nitrogens with one attached hydrogen (secondary N) is 2. The average molecular weight is 843 g/mol. The van der Waals surface area contributed by atoms with Gasteiger partial charge in [-0.15, -0.1) is 0 Å². The Morgan fingerprint density at radius 2 is 1.78 bits per heavy atom. The minimum Gasteiger partial charge on any atom is -0.488 e. The molecule has 4 N–H and O–H groups in total. The van der Waals surface area contributed by atoms with E-state index in [0.29, 0.717) is 42.9 Å². The third-order valence-electron chi connectivity index (χ3n) is 12.1. The number of fused-ring (bicyclic) bond motifs is 2. The van der Waals surface area contributed by atoms with E-state index in [1.807, 2.05) is 79.2 Å². The Balaban J connectivity index is 1.04. The van der Waals surface area contributed by atoms with Gasteiger partial charge in [-0.3, -0.25) is 19.8 Å². The number of rotatable bonds is 14. The fourth-order valence-electron chi connectivity index (χ4n) is 8.39. The molecule has 0 saturated heterocycles. The van der Waals surface area contributed by atoms with Crippen LogP contribution < -0.4 is 20.1 Å². The molecule has 1 fully saturated rings. The van der Waals surface area contributed by atoms with Crippen LogP contribution in [0.4, 0.5) is 10.1 Å². The number of imidazole rings is 1. The molecule has 2 unspecified atom stereocenters. The molecule has 59 heavy (non-hydrogen) atoms. The number of carbonyl (C=O) groups excluding carboxylic acids is 1. The quantitative estimate of drug-likeness (QED) is 0.0871. The van der Waals surface area contributed by atoms with Gasteiger partial charge in [-0.25, -0.2) is 9.37 Å². The van der Waals surface area contributed by atoms with E-state index in [1.165, 1.54) is 0 Å². The number of hydrogen-bond donors (Lipinski definition) is 4. The van der Waals surface area contributed by atoms with Crippen LogP contribution in [0.15, 0.2) is 72.8 Å². The van der Waals surface area contributed by atoms with Gasteiger partial charge in [-0.2, -0.15) is 0 Å². The predicted octanol–water partition coefficient (Wildman–Crippen LogP) is 8.27. The van der Waals surface area contributed by atoms with Crippen LogP contribution in [0.3, 0.4) is 0 Å². The number of hydrogen-bond acceptors (Lipinski definition) is 8. The number of nitrogens with zero attached hydrogens (tertiary/aromatic N) is 3. The number of anilines is 1. The van der Waals surface area contributed by atoms with E-state index in [0.717, 1.165) is 58.6 Å². The van der Waals surface area contributed by atoms with Gasteiger partial charge < -0.3 is 29.6 Å². The van der Waals surface area contributed by atoms with Crippen molar-refractivity contribution in [3.63, 3.8) is 0 Å². The van der Waals surface area contributed by atoms with Gasteiger partial charge in [-0.1, -0.05) is 83.9 Å². The lowest BCUT2D eigenvalue weighted by molar-refractivity contribution is -0.148. The third-order valence-corrected chi connectivity index (χ3v) is 12.8. The Morgan fingerprint density at radius 3 is 2.51 bits per heavy atom. The van der Waals surface area contributed by atoms with Gasteiger partial charge in [-0.05, 0) is 67.3 Å². The molecule has 4 aromatic carbocycles. The molecule has 14 heteroatoms. The van der Waals surface area contributed by atoms with Crippen LogP contribution in [0, 0.1) is 5.82 Å². The first kappa shape index (κ1) is 40.8. The Hall–Kier alpha value is -4.98. The second-order valence-electron chi connectivity index (χ2n) is 15.6. The lowest BCUT2D eigenvalue weighted by atomic mass is 9.76. The van der Waals surface area contributed by atoms with Crippen LogP contribution in [-0.2, 0) is 44.4 Å². The van der Waals surface area contributed by atoms with Crippen molar-refractivity contribution in [2.75, 3.05) is 18.5 Å². The smallest absolute Gasteiger partial charge is 0.323 e. The van der Waals surface area contributed by atoms with Crippen molar-refractivity contribution in [1.82, 2.24) is 19.8 Å². The van der Waals surface area contributed by atoms with Crippen molar-refractivity contribution in [3.05, 3.63) is 128 Å². The minimum atomic E-state index is -1.12. The number of benzene rings is 4. The highest BCUT2D eigenvalue weighted by Gasteiger charge is 2.44. The van der Waals surface area contributed by atoms with Crippen LogP contribution in [0.1, 0.15) is 83.0 Å². The van der Waals surface area contributed by atoms with Crippen LogP contribution in [-0.4, -0.2) is 61.3 Å². The number of amides is 1. The molecule has 2 atom stereocenters. The van der Waals surface area contributed by atoms with Crippen molar-refractivity contribution in [2.45, 2.75) is 82.8 Å². The molecule has 2 aliphatic carbocycles. The fourth-order valence-corrected chi connectivity index (χ4v) is 8.88. The first-order valence-electron chi connectivity index (χ1n) is 19.9. The highest BCUT2D eigenvalue weighted by molar-refractivity contribution is 6.36. The summed E-state index contributed by atoms with van der Waals surface area (Å²) in [6.07, 6.45) is 3.15. The molecular weight excluding hydrogens is 796 g/mol. The van der Waals surface area contributed by atoms with Crippen LogP contribution >= 0.6 is 23.2 Å². The van der Waals surface area contributed by atoms with Gasteiger partial charge in [0, 0.05) is 62.0 Å². The number of ether oxygens (including phenoxy) is 2. The van der Waals surface area contributed by atoms with Crippen LogP contribution in [0.5, 0.6) is 11.5 Å². The van der Waals surface area contributed by atoms with Gasteiger partial charge in [0.15, 0.2) is 11.6 Å². The Kier molecular flexibility index (Phi) is 11.7. The summed E-state index contributed by atoms with van der Waals surface area (Å²) in [6, 6.07) is 22.4. The van der Waals surface area contributed by atoms with Crippen LogP contribution in [0.2, 0.25) is 10.0 Å². The van der Waals surface area contributed by atoms with E-state index in [2.05, 4.69) is 15.5 Å². The zero-order chi connectivity index (χ0) is 41.4. The summed E-state index contributed by atoms with van der Waals surface area (Å²) in [4.78, 5) is 32.6. The molecule has 2 heterocycles. The molecule has 0 bridgehead atoms. The number of aliphatic carboxylic acids is 1. The largest absolute Gasteiger partial charge is 0.488 e. The number of carboxylic acids is 1. The van der Waals surface area contributed by atoms with Gasteiger partial charge >= 0.3 is 5.97 Å². The van der Waals surface area contributed by atoms with Crippen molar-refractivity contribution in [3.8, 4) is 22.6 Å². The lowest BCUT2D eigenvalue weighted by Crippen LogP contribution is -2.56. The average Bonchev–Trinajstić information content (AvgIpc) is 3.79. The van der Waals surface area contributed by atoms with Crippen molar-refractivity contribution in [1.29, 1.82) is 0 Å². The molecule has 8 rings (SSSR count). The van der Waals surface area contributed by atoms with Gasteiger partial charge in [0.25, 0.3) is 5.91 Å². The molecule has 0 radical (unpaired) electrons. The van der Waals surface area contributed by atoms with E-state index < -0.39 is 23.4 Å². The first-order valence-corrected chi connectivity index (χ1v) is 20.7. The van der Waals surface area contributed by atoms with Crippen molar-refractivity contribution >= 4 is 40.8 Å². The third kappa shape index (κ3) is 7.92. The second kappa shape index (κ2) is 16.9. The number of carbonyl (C=O) groups is 2. The number of aliphatic hydroxyl groups excluding tert-OH is 1. The first-order chi connectivity index (χ1) is 28.5.